The molecule has 0 fully saturated rings. The van der Waals surface area contributed by atoms with E-state index in [9.17, 15) is 4.79 Å². The Balaban J connectivity index is 2.76. The highest BCUT2D eigenvalue weighted by Gasteiger charge is 2.22. The summed E-state index contributed by atoms with van der Waals surface area (Å²) in [7, 11) is 0. The molecule has 0 amide bonds. The van der Waals surface area contributed by atoms with Crippen molar-refractivity contribution >= 4 is 17.5 Å². The number of carboxylic acids is 1. The van der Waals surface area contributed by atoms with Crippen LogP contribution in [-0.2, 0) is 4.79 Å². The minimum absolute atomic E-state index is 0.127. The van der Waals surface area contributed by atoms with Gasteiger partial charge in [-0.2, -0.15) is 5.10 Å². The molecule has 0 aromatic rings. The molecule has 8 heavy (non-hydrogen) atoms. The van der Waals surface area contributed by atoms with Gasteiger partial charge in [0.15, 0.2) is 5.84 Å². The molecule has 5 nitrogen and oxygen atoms in total. The molecule has 0 atom stereocenters. The largest absolute Gasteiger partial charge is 0.476 e. The van der Waals surface area contributed by atoms with Crippen LogP contribution in [0.15, 0.2) is 5.10 Å². The predicted octanol–water partition coefficient (Wildman–Crippen LogP) is -0.993. The molecule has 3 N–H and O–H groups in total. The van der Waals surface area contributed by atoms with Gasteiger partial charge in [-0.3, -0.25) is 10.8 Å². The lowest BCUT2D eigenvalue weighted by Gasteiger charge is -2.10. The standard InChI is InChI=1S/C3H3N3O2/c4-2-1(3(7)8)5-6-2/h(H2,4,6)(H,7,8). The average molecular weight is 113 g/mol. The zero-order chi connectivity index (χ0) is 6.15. The van der Waals surface area contributed by atoms with Gasteiger partial charge in [0.05, 0.1) is 0 Å². The van der Waals surface area contributed by atoms with Gasteiger partial charge >= 0.3 is 5.97 Å². The fraction of sp³-hybridized carbons (Fsp3) is 0. The van der Waals surface area contributed by atoms with Gasteiger partial charge in [0.1, 0.15) is 0 Å². The average Bonchev–Trinajstić information content (AvgIpc) is 1.61. The van der Waals surface area contributed by atoms with Gasteiger partial charge in [-0.25, -0.2) is 4.79 Å². The summed E-state index contributed by atoms with van der Waals surface area (Å²) in [6.07, 6.45) is 0. The number of rotatable bonds is 1. The molecule has 0 aromatic heterocycles. The van der Waals surface area contributed by atoms with E-state index in [4.69, 9.17) is 10.5 Å². The SMILES string of the molecule is N=C1NN=C1C(=O)O. The van der Waals surface area contributed by atoms with Crippen molar-refractivity contribution in [2.75, 3.05) is 0 Å². The second-order valence-corrected chi connectivity index (χ2v) is 1.25. The molecule has 0 radical (unpaired) electrons. The van der Waals surface area contributed by atoms with Crippen LogP contribution < -0.4 is 5.43 Å². The third-order valence-electron chi connectivity index (χ3n) is 0.719. The van der Waals surface area contributed by atoms with Crippen molar-refractivity contribution in [3.05, 3.63) is 0 Å². The van der Waals surface area contributed by atoms with Crippen LogP contribution in [0.4, 0.5) is 0 Å². The van der Waals surface area contributed by atoms with Crippen LogP contribution >= 0.6 is 0 Å². The zero-order valence-electron chi connectivity index (χ0n) is 3.80. The van der Waals surface area contributed by atoms with E-state index in [1.807, 2.05) is 0 Å². The number of hydrazone groups is 1. The second-order valence-electron chi connectivity index (χ2n) is 1.25. The number of carbonyl (C=O) groups is 1. The maximum atomic E-state index is 9.88. The maximum Gasteiger partial charge on any atom is 0.360 e. The molecule has 1 heterocycles. The van der Waals surface area contributed by atoms with Gasteiger partial charge in [-0.1, -0.05) is 0 Å². The maximum absolute atomic E-state index is 9.88. The fourth-order valence-electron chi connectivity index (χ4n) is 0.322. The number of nitrogens with zero attached hydrogens (tertiary/aromatic N) is 1. The van der Waals surface area contributed by atoms with Gasteiger partial charge in [-0.15, -0.1) is 0 Å². The van der Waals surface area contributed by atoms with E-state index < -0.39 is 5.97 Å². The molecule has 0 spiro atoms. The van der Waals surface area contributed by atoms with E-state index in [2.05, 4.69) is 10.5 Å². The lowest BCUT2D eigenvalue weighted by Crippen LogP contribution is -2.42. The van der Waals surface area contributed by atoms with Crippen molar-refractivity contribution in [3.63, 3.8) is 0 Å². The van der Waals surface area contributed by atoms with E-state index in [1.54, 1.807) is 0 Å². The first-order chi connectivity index (χ1) is 3.72. The van der Waals surface area contributed by atoms with Gasteiger partial charge in [-0.05, 0) is 0 Å². The lowest BCUT2D eigenvalue weighted by molar-refractivity contribution is -0.129. The molecule has 1 aliphatic heterocycles. The highest BCUT2D eigenvalue weighted by Crippen LogP contribution is 1.88. The minimum atomic E-state index is -1.16. The highest BCUT2D eigenvalue weighted by atomic mass is 16.4. The highest BCUT2D eigenvalue weighted by molar-refractivity contribution is 6.66. The van der Waals surface area contributed by atoms with E-state index in [1.165, 1.54) is 0 Å². The Morgan fingerprint density at radius 3 is 2.50 bits per heavy atom. The second kappa shape index (κ2) is 1.29. The Kier molecular flexibility index (Phi) is 0.768. The van der Waals surface area contributed by atoms with Crippen LogP contribution in [0, 0.1) is 5.41 Å². The monoisotopic (exact) mass is 113 g/mol. The van der Waals surface area contributed by atoms with Crippen molar-refractivity contribution in [2.24, 2.45) is 5.10 Å². The summed E-state index contributed by atoms with van der Waals surface area (Å²) in [5, 5.41) is 18.0. The first-order valence-electron chi connectivity index (χ1n) is 1.87. The molecule has 1 aliphatic rings. The van der Waals surface area contributed by atoms with E-state index in [0.29, 0.717) is 0 Å². The lowest BCUT2D eigenvalue weighted by atomic mass is 10.3. The number of hydrogen-bond donors (Lipinski definition) is 3. The van der Waals surface area contributed by atoms with Crippen molar-refractivity contribution in [2.45, 2.75) is 0 Å². The van der Waals surface area contributed by atoms with Crippen LogP contribution in [0.25, 0.3) is 0 Å². The predicted molar refractivity (Wildman–Crippen MR) is 25.9 cm³/mol. The summed E-state index contributed by atoms with van der Waals surface area (Å²) < 4.78 is 0. The summed E-state index contributed by atoms with van der Waals surface area (Å²) in [6.45, 7) is 0. The molecular formula is C3H3N3O2. The fourth-order valence-corrected chi connectivity index (χ4v) is 0.322. The van der Waals surface area contributed by atoms with E-state index in [0.717, 1.165) is 0 Å². The summed E-state index contributed by atoms with van der Waals surface area (Å²) in [6, 6.07) is 0. The third-order valence-corrected chi connectivity index (χ3v) is 0.719. The molecule has 0 aliphatic carbocycles. The third kappa shape index (κ3) is 0.446. The molecular weight excluding hydrogens is 110 g/mol. The molecule has 0 saturated carbocycles. The van der Waals surface area contributed by atoms with Gasteiger partial charge < -0.3 is 5.11 Å². The van der Waals surface area contributed by atoms with Crippen LogP contribution in [0.2, 0.25) is 0 Å². The minimum Gasteiger partial charge on any atom is -0.476 e. The number of carboxylic acid groups (broad SMARTS) is 1. The quantitative estimate of drug-likeness (QED) is 0.408. The topological polar surface area (TPSA) is 85.5 Å². The summed E-state index contributed by atoms with van der Waals surface area (Å²) >= 11 is 0. The Morgan fingerprint density at radius 2 is 2.50 bits per heavy atom. The summed E-state index contributed by atoms with van der Waals surface area (Å²) in [5.74, 6) is -1.29. The van der Waals surface area contributed by atoms with Crippen LogP contribution in [-0.4, -0.2) is 22.6 Å². The number of amidine groups is 1. The van der Waals surface area contributed by atoms with Crippen molar-refractivity contribution in [1.29, 1.82) is 5.41 Å². The Labute approximate surface area is 44.5 Å². The molecule has 0 saturated heterocycles. The zero-order valence-corrected chi connectivity index (χ0v) is 3.80. The molecule has 0 bridgehead atoms. The molecule has 5 heteroatoms. The normalized spacial score (nSPS) is 16.0. The first-order valence-corrected chi connectivity index (χ1v) is 1.87. The Morgan fingerprint density at radius 1 is 1.88 bits per heavy atom. The molecule has 0 unspecified atom stereocenters. The van der Waals surface area contributed by atoms with Crippen molar-refractivity contribution < 1.29 is 9.90 Å². The van der Waals surface area contributed by atoms with E-state index in [-0.39, 0.29) is 11.5 Å². The van der Waals surface area contributed by atoms with Crippen molar-refractivity contribution in [1.82, 2.24) is 5.43 Å². The van der Waals surface area contributed by atoms with Crippen LogP contribution in [0.3, 0.4) is 0 Å². The Hall–Kier alpha value is -1.39. The van der Waals surface area contributed by atoms with Gasteiger partial charge in [0.25, 0.3) is 0 Å². The molecule has 1 rings (SSSR count). The Bertz CT molecular complexity index is 183. The molecule has 0 aromatic carbocycles. The van der Waals surface area contributed by atoms with Crippen LogP contribution in [0.5, 0.6) is 0 Å². The molecule has 42 valence electrons. The van der Waals surface area contributed by atoms with Crippen LogP contribution in [0.1, 0.15) is 0 Å². The van der Waals surface area contributed by atoms with E-state index >= 15 is 0 Å². The number of nitrogens with one attached hydrogen (secondary N) is 2. The van der Waals surface area contributed by atoms with Crippen molar-refractivity contribution in [3.8, 4) is 0 Å². The first kappa shape index (κ1) is 4.76. The van der Waals surface area contributed by atoms with Gasteiger partial charge in [0.2, 0.25) is 5.71 Å². The number of hydrogen-bond acceptors (Lipinski definition) is 3. The summed E-state index contributed by atoms with van der Waals surface area (Å²) in [5.41, 5.74) is 1.93. The van der Waals surface area contributed by atoms with Gasteiger partial charge in [0, 0.05) is 0 Å². The smallest absolute Gasteiger partial charge is 0.360 e. The number of aliphatic carboxylic acids is 1. The summed E-state index contributed by atoms with van der Waals surface area (Å²) in [4.78, 5) is 9.88.